The third kappa shape index (κ3) is 5.00. The maximum absolute atomic E-state index is 13.9. The average molecular weight is 552 g/mol. The van der Waals surface area contributed by atoms with Crippen molar-refractivity contribution >= 4 is 23.1 Å². The van der Waals surface area contributed by atoms with Gasteiger partial charge in [-0.05, 0) is 79.1 Å². The van der Waals surface area contributed by atoms with E-state index in [-0.39, 0.29) is 11.2 Å². The maximum Gasteiger partial charge on any atom is 0.162 e. The summed E-state index contributed by atoms with van der Waals surface area (Å²) in [7, 11) is 0. The number of nitrogens with two attached hydrogens (primary N) is 1. The van der Waals surface area contributed by atoms with Crippen molar-refractivity contribution in [3.8, 4) is 11.8 Å². The normalized spacial score (nSPS) is 18.5. The van der Waals surface area contributed by atoms with Crippen LogP contribution in [0.25, 0.3) is 0 Å². The number of ether oxygens (including phenoxy) is 1. The minimum Gasteiger partial charge on any atom is -0.487 e. The zero-order valence-electron chi connectivity index (χ0n) is 23.6. The lowest BCUT2D eigenvalue weighted by Gasteiger charge is -2.44. The summed E-state index contributed by atoms with van der Waals surface area (Å²) in [4.78, 5) is 15.9. The fourth-order valence-corrected chi connectivity index (χ4v) is 6.10. The van der Waals surface area contributed by atoms with Gasteiger partial charge in [0, 0.05) is 23.4 Å². The molecule has 5 rings (SSSR count). The fraction of sp³-hybridized carbons (Fsp3) is 0.294. The van der Waals surface area contributed by atoms with Crippen LogP contribution in [0.15, 0.2) is 83.3 Å². The number of anilines is 1. The number of nitrogens with zero attached hydrogens (tertiary/aromatic N) is 2. The van der Waals surface area contributed by atoms with Gasteiger partial charge in [-0.2, -0.15) is 5.26 Å². The lowest BCUT2D eigenvalue weighted by atomic mass is 9.68. The zero-order valence-corrected chi connectivity index (χ0v) is 24.4. The molecule has 1 aliphatic carbocycles. The first-order valence-electron chi connectivity index (χ1n) is 13.5. The predicted octanol–water partition coefficient (Wildman–Crippen LogP) is 7.79. The largest absolute Gasteiger partial charge is 0.487 e. The van der Waals surface area contributed by atoms with Crippen molar-refractivity contribution < 1.29 is 9.53 Å². The summed E-state index contributed by atoms with van der Waals surface area (Å²) in [5, 5.41) is 11.0. The van der Waals surface area contributed by atoms with E-state index in [9.17, 15) is 10.1 Å². The molecule has 0 radical (unpaired) electrons. The Morgan fingerprint density at radius 1 is 1.05 bits per heavy atom. The van der Waals surface area contributed by atoms with E-state index in [4.69, 9.17) is 22.1 Å². The predicted molar refractivity (Wildman–Crippen MR) is 160 cm³/mol. The van der Waals surface area contributed by atoms with Crippen LogP contribution in [0.1, 0.15) is 60.4 Å². The monoisotopic (exact) mass is 551 g/mol. The molecule has 0 saturated carbocycles. The second-order valence-corrected chi connectivity index (χ2v) is 12.1. The van der Waals surface area contributed by atoms with E-state index in [1.165, 1.54) is 0 Å². The lowest BCUT2D eigenvalue weighted by Crippen LogP contribution is -2.42. The highest BCUT2D eigenvalue weighted by molar-refractivity contribution is 6.32. The first-order valence-corrected chi connectivity index (χ1v) is 13.9. The Morgan fingerprint density at radius 2 is 1.75 bits per heavy atom. The Balaban J connectivity index is 1.66. The number of allylic oxidation sites excluding steroid dienone is 3. The average Bonchev–Trinajstić information content (AvgIpc) is 2.89. The summed E-state index contributed by atoms with van der Waals surface area (Å²) in [5.41, 5.74) is 14.4. The first kappa shape index (κ1) is 27.6. The number of ketones is 1. The Morgan fingerprint density at radius 3 is 2.42 bits per heavy atom. The molecule has 1 heterocycles. The van der Waals surface area contributed by atoms with E-state index < -0.39 is 5.92 Å². The van der Waals surface area contributed by atoms with Crippen LogP contribution >= 0.6 is 11.6 Å². The van der Waals surface area contributed by atoms with Gasteiger partial charge in [-0.3, -0.25) is 9.69 Å². The molecule has 1 unspecified atom stereocenters. The smallest absolute Gasteiger partial charge is 0.162 e. The van der Waals surface area contributed by atoms with Gasteiger partial charge >= 0.3 is 0 Å². The SMILES string of the molecule is Cc1ccc(N2C(N)=C(C#N)C(c3cc(COc4ccccc4Cl)c(C)cc3C)C3=C2CC(C)(C)CC3=O)cc1. The van der Waals surface area contributed by atoms with E-state index >= 15 is 0 Å². The van der Waals surface area contributed by atoms with Gasteiger partial charge in [0.25, 0.3) is 0 Å². The molecule has 6 heteroatoms. The van der Waals surface area contributed by atoms with Gasteiger partial charge in [-0.25, -0.2) is 0 Å². The molecule has 0 aromatic heterocycles. The second-order valence-electron chi connectivity index (χ2n) is 11.7. The molecule has 40 heavy (non-hydrogen) atoms. The van der Waals surface area contributed by atoms with Gasteiger partial charge in [0.15, 0.2) is 5.78 Å². The Bertz CT molecular complexity index is 1610. The van der Waals surface area contributed by atoms with Crippen LogP contribution in [0.4, 0.5) is 5.69 Å². The number of rotatable bonds is 5. The molecule has 204 valence electrons. The van der Waals surface area contributed by atoms with Crippen molar-refractivity contribution in [2.45, 2.75) is 60.0 Å². The van der Waals surface area contributed by atoms with E-state index in [0.29, 0.717) is 47.2 Å². The number of hydrogen-bond donors (Lipinski definition) is 1. The number of benzene rings is 3. The van der Waals surface area contributed by atoms with Crippen LogP contribution in [0.5, 0.6) is 5.75 Å². The number of carbonyl (C=O) groups excluding carboxylic acids is 1. The summed E-state index contributed by atoms with van der Waals surface area (Å²) in [5.74, 6) is 0.482. The van der Waals surface area contributed by atoms with Crippen LogP contribution < -0.4 is 15.4 Å². The molecule has 0 amide bonds. The lowest BCUT2D eigenvalue weighted by molar-refractivity contribution is -0.118. The van der Waals surface area contributed by atoms with Gasteiger partial charge < -0.3 is 10.5 Å². The van der Waals surface area contributed by atoms with Crippen LogP contribution in [0.3, 0.4) is 0 Å². The molecule has 1 atom stereocenters. The van der Waals surface area contributed by atoms with Crippen molar-refractivity contribution in [2.24, 2.45) is 11.1 Å². The molecule has 3 aromatic carbocycles. The highest BCUT2D eigenvalue weighted by atomic mass is 35.5. The Kier molecular flexibility index (Phi) is 7.25. The Hall–Kier alpha value is -4.01. The summed E-state index contributed by atoms with van der Waals surface area (Å²) in [6.07, 6.45) is 1.08. The molecule has 2 N–H and O–H groups in total. The van der Waals surface area contributed by atoms with Gasteiger partial charge in [0.2, 0.25) is 0 Å². The zero-order chi connectivity index (χ0) is 28.8. The number of halogens is 1. The van der Waals surface area contributed by atoms with E-state index in [1.807, 2.05) is 68.1 Å². The third-order valence-corrected chi connectivity index (χ3v) is 8.24. The standard InChI is InChI=1S/C34H34ClN3O2/c1-20-10-12-24(13-11-20)38-28-16-34(4,5)17-29(39)32(28)31(26(18-36)33(38)37)25-15-23(21(2)14-22(25)3)19-40-30-9-7-6-8-27(30)35/h6-15,31H,16-17,19,37H2,1-5H3. The van der Waals surface area contributed by atoms with Crippen LogP contribution in [0, 0.1) is 37.5 Å². The number of aryl methyl sites for hydroxylation is 3. The molecule has 0 bridgehead atoms. The van der Waals surface area contributed by atoms with Gasteiger partial charge in [0.05, 0.1) is 22.6 Å². The van der Waals surface area contributed by atoms with Crippen molar-refractivity contribution in [1.29, 1.82) is 5.26 Å². The number of carbonyl (C=O) groups is 1. The summed E-state index contributed by atoms with van der Waals surface area (Å²) < 4.78 is 6.08. The summed E-state index contributed by atoms with van der Waals surface area (Å²) >= 11 is 6.32. The molecule has 0 fully saturated rings. The molecule has 2 aliphatic rings. The van der Waals surface area contributed by atoms with Crippen LogP contribution in [0.2, 0.25) is 5.02 Å². The maximum atomic E-state index is 13.9. The highest BCUT2D eigenvalue weighted by Crippen LogP contribution is 2.50. The molecule has 5 nitrogen and oxygen atoms in total. The minimum atomic E-state index is -0.551. The second kappa shape index (κ2) is 10.5. The van der Waals surface area contributed by atoms with E-state index in [2.05, 4.69) is 32.0 Å². The molecule has 0 spiro atoms. The molecular formula is C34H34ClN3O2. The number of Topliss-reactive ketones (excluding diaryl/α,β-unsaturated/α-hetero) is 1. The fourth-order valence-electron chi connectivity index (χ4n) is 5.91. The first-order chi connectivity index (χ1) is 19.0. The van der Waals surface area contributed by atoms with Crippen LogP contribution in [-0.4, -0.2) is 5.78 Å². The van der Waals surface area contributed by atoms with Gasteiger partial charge in [0.1, 0.15) is 18.2 Å². The minimum absolute atomic E-state index is 0.0578. The number of para-hydroxylation sites is 1. The van der Waals surface area contributed by atoms with E-state index in [0.717, 1.165) is 39.2 Å². The van der Waals surface area contributed by atoms with Gasteiger partial charge in [-0.1, -0.05) is 67.4 Å². The highest BCUT2D eigenvalue weighted by Gasteiger charge is 2.45. The molecular weight excluding hydrogens is 518 g/mol. The van der Waals surface area contributed by atoms with Crippen molar-refractivity contribution in [2.75, 3.05) is 4.90 Å². The molecule has 1 aliphatic heterocycles. The molecule has 3 aromatic rings. The van der Waals surface area contributed by atoms with Crippen molar-refractivity contribution in [3.63, 3.8) is 0 Å². The van der Waals surface area contributed by atoms with Crippen molar-refractivity contribution in [3.05, 3.63) is 116 Å². The molecule has 0 saturated heterocycles. The van der Waals surface area contributed by atoms with Crippen molar-refractivity contribution in [1.82, 2.24) is 0 Å². The Labute approximate surface area is 241 Å². The third-order valence-electron chi connectivity index (χ3n) is 7.93. The summed E-state index contributed by atoms with van der Waals surface area (Å²) in [6.45, 7) is 10.6. The van der Waals surface area contributed by atoms with Crippen LogP contribution in [-0.2, 0) is 11.4 Å². The number of nitriles is 1. The number of hydrogen-bond acceptors (Lipinski definition) is 5. The van der Waals surface area contributed by atoms with Gasteiger partial charge in [-0.15, -0.1) is 0 Å². The topological polar surface area (TPSA) is 79.3 Å². The van der Waals surface area contributed by atoms with E-state index in [1.54, 1.807) is 6.07 Å². The quantitative estimate of drug-likeness (QED) is 0.350. The summed E-state index contributed by atoms with van der Waals surface area (Å²) in [6, 6.07) is 22.0.